The predicted molar refractivity (Wildman–Crippen MR) is 177 cm³/mol. The average Bonchev–Trinajstić information content (AvgIpc) is 3.72. The number of ether oxygens (including phenoxy) is 1. The van der Waals surface area contributed by atoms with E-state index in [-0.39, 0.29) is 23.9 Å². The van der Waals surface area contributed by atoms with Crippen molar-refractivity contribution in [2.24, 2.45) is 7.05 Å². The standard InChI is InChI=1S/C36H43N7O2/c1-42-22-29(21-40-42)28-19-31(35(37)39-20-28)36(44)41-32-5-3-7-34(32)45-23-24-8-10-25(11-9-24)26-12-13-30-27(18-26)4-2-6-33(30)43-16-14-38-15-17-43/h8-13,18-22,32-34,38H,2-7,14-17,23H2,1H3,(H2,37,39)(H,41,44)/t32-,33-,34-/m0/s1. The summed E-state index contributed by atoms with van der Waals surface area (Å²) in [4.78, 5) is 20.2. The number of aryl methyl sites for hydroxylation is 2. The van der Waals surface area contributed by atoms with Crippen molar-refractivity contribution in [3.63, 3.8) is 0 Å². The van der Waals surface area contributed by atoms with Crippen molar-refractivity contribution in [1.82, 2.24) is 30.3 Å². The fourth-order valence-electron chi connectivity index (χ4n) is 7.26. The van der Waals surface area contributed by atoms with Crippen molar-refractivity contribution in [2.45, 2.75) is 63.3 Å². The topological polar surface area (TPSA) is 110 Å². The molecule has 0 spiro atoms. The van der Waals surface area contributed by atoms with Crippen LogP contribution in [0, 0.1) is 0 Å². The highest BCUT2D eigenvalue weighted by Gasteiger charge is 2.31. The van der Waals surface area contributed by atoms with Gasteiger partial charge in [0.25, 0.3) is 5.91 Å². The maximum Gasteiger partial charge on any atom is 0.255 e. The van der Waals surface area contributed by atoms with Gasteiger partial charge in [0.15, 0.2) is 0 Å². The Morgan fingerprint density at radius 2 is 1.80 bits per heavy atom. The molecule has 9 nitrogen and oxygen atoms in total. The van der Waals surface area contributed by atoms with Crippen molar-refractivity contribution in [3.05, 3.63) is 89.4 Å². The summed E-state index contributed by atoms with van der Waals surface area (Å²) in [6.07, 6.45) is 11.7. The Bertz CT molecular complexity index is 1640. The van der Waals surface area contributed by atoms with Gasteiger partial charge in [-0.25, -0.2) is 4.98 Å². The lowest BCUT2D eigenvalue weighted by Crippen LogP contribution is -2.45. The van der Waals surface area contributed by atoms with Crippen molar-refractivity contribution < 1.29 is 9.53 Å². The number of piperazine rings is 1. The van der Waals surface area contributed by atoms with Crippen LogP contribution in [0.15, 0.2) is 67.1 Å². The van der Waals surface area contributed by atoms with E-state index in [0.717, 1.165) is 68.6 Å². The third-order valence-corrected chi connectivity index (χ3v) is 9.74. The Hall–Kier alpha value is -4.05. The molecule has 3 aliphatic rings. The first kappa shape index (κ1) is 29.6. The summed E-state index contributed by atoms with van der Waals surface area (Å²) >= 11 is 0. The third kappa shape index (κ3) is 6.52. The predicted octanol–water partition coefficient (Wildman–Crippen LogP) is 4.88. The van der Waals surface area contributed by atoms with Gasteiger partial charge in [0.2, 0.25) is 0 Å². The Kier molecular flexibility index (Phi) is 8.65. The van der Waals surface area contributed by atoms with E-state index in [9.17, 15) is 4.79 Å². The first-order chi connectivity index (χ1) is 22.0. The van der Waals surface area contributed by atoms with Crippen molar-refractivity contribution >= 4 is 11.7 Å². The van der Waals surface area contributed by atoms with Gasteiger partial charge in [-0.2, -0.15) is 5.10 Å². The van der Waals surface area contributed by atoms with Crippen molar-refractivity contribution in [1.29, 1.82) is 0 Å². The van der Waals surface area contributed by atoms with E-state index in [1.807, 2.05) is 13.2 Å². The fraction of sp³-hybridized carbons (Fsp3) is 0.417. The molecular formula is C36H43N7O2. The van der Waals surface area contributed by atoms with Crippen LogP contribution in [-0.4, -0.2) is 63.9 Å². The number of fused-ring (bicyclic) bond motifs is 1. The second kappa shape index (κ2) is 13.1. The molecule has 2 fully saturated rings. The first-order valence-electron chi connectivity index (χ1n) is 16.4. The van der Waals surface area contributed by atoms with Crippen LogP contribution < -0.4 is 16.4 Å². The molecule has 1 aliphatic heterocycles. The quantitative estimate of drug-likeness (QED) is 0.263. The monoisotopic (exact) mass is 605 g/mol. The molecule has 1 saturated heterocycles. The van der Waals surface area contributed by atoms with Crippen LogP contribution >= 0.6 is 0 Å². The molecule has 0 radical (unpaired) electrons. The summed E-state index contributed by atoms with van der Waals surface area (Å²) in [5.41, 5.74) is 14.9. The van der Waals surface area contributed by atoms with E-state index in [1.165, 1.54) is 35.1 Å². The number of anilines is 1. The van der Waals surface area contributed by atoms with Gasteiger partial charge in [-0.3, -0.25) is 14.4 Å². The number of nitrogens with two attached hydrogens (primary N) is 1. The number of pyridine rings is 1. The summed E-state index contributed by atoms with van der Waals surface area (Å²) < 4.78 is 8.09. The highest BCUT2D eigenvalue weighted by molar-refractivity contribution is 5.99. The van der Waals surface area contributed by atoms with Gasteiger partial charge in [0.1, 0.15) is 5.82 Å². The van der Waals surface area contributed by atoms with Crippen molar-refractivity contribution in [2.75, 3.05) is 31.9 Å². The molecule has 0 bridgehead atoms. The fourth-order valence-corrected chi connectivity index (χ4v) is 7.26. The molecule has 2 aromatic carbocycles. The molecule has 3 atom stereocenters. The van der Waals surface area contributed by atoms with Crippen LogP contribution in [0.4, 0.5) is 5.82 Å². The number of nitrogens with zero attached hydrogens (tertiary/aromatic N) is 4. The largest absolute Gasteiger partial charge is 0.383 e. The molecule has 1 saturated carbocycles. The molecule has 3 heterocycles. The van der Waals surface area contributed by atoms with Gasteiger partial charge in [0.05, 0.1) is 30.5 Å². The van der Waals surface area contributed by atoms with Crippen LogP contribution in [0.5, 0.6) is 0 Å². The summed E-state index contributed by atoms with van der Waals surface area (Å²) in [6.45, 7) is 4.95. The zero-order chi connectivity index (χ0) is 30.8. The summed E-state index contributed by atoms with van der Waals surface area (Å²) in [7, 11) is 1.86. The lowest BCUT2D eigenvalue weighted by Gasteiger charge is -2.38. The van der Waals surface area contributed by atoms with E-state index in [2.05, 4.69) is 68.1 Å². The number of hydrogen-bond acceptors (Lipinski definition) is 7. The molecule has 7 rings (SSSR count). The molecule has 4 aromatic rings. The van der Waals surface area contributed by atoms with E-state index in [0.29, 0.717) is 18.2 Å². The maximum absolute atomic E-state index is 13.3. The zero-order valence-electron chi connectivity index (χ0n) is 26.0. The number of carbonyl (C=O) groups excluding carboxylic acids is 1. The Labute approximate surface area is 265 Å². The third-order valence-electron chi connectivity index (χ3n) is 9.74. The minimum absolute atomic E-state index is 0.0476. The van der Waals surface area contributed by atoms with E-state index < -0.39 is 0 Å². The normalized spacial score (nSPS) is 21.8. The lowest BCUT2D eigenvalue weighted by atomic mass is 9.84. The van der Waals surface area contributed by atoms with Gasteiger partial charge in [-0.05, 0) is 72.4 Å². The molecule has 2 aromatic heterocycles. The number of nitrogen functional groups attached to an aromatic ring is 1. The number of hydrogen-bond donors (Lipinski definition) is 3. The number of amides is 1. The van der Waals surface area contributed by atoms with E-state index >= 15 is 0 Å². The number of rotatable bonds is 8. The van der Waals surface area contributed by atoms with Crippen molar-refractivity contribution in [3.8, 4) is 22.3 Å². The maximum atomic E-state index is 13.3. The van der Waals surface area contributed by atoms with Crippen LogP contribution in [-0.2, 0) is 24.8 Å². The van der Waals surface area contributed by atoms with Crippen LogP contribution in [0.3, 0.4) is 0 Å². The van der Waals surface area contributed by atoms with Gasteiger partial charge in [-0.15, -0.1) is 0 Å². The van der Waals surface area contributed by atoms with Gasteiger partial charge < -0.3 is 21.1 Å². The van der Waals surface area contributed by atoms with Gasteiger partial charge in [-0.1, -0.05) is 42.5 Å². The van der Waals surface area contributed by atoms with Gasteiger partial charge in [0, 0.05) is 62.8 Å². The summed E-state index contributed by atoms with van der Waals surface area (Å²) in [5.74, 6) is -0.00566. The Balaban J connectivity index is 0.968. The molecule has 9 heteroatoms. The molecule has 0 unspecified atom stereocenters. The summed E-state index contributed by atoms with van der Waals surface area (Å²) in [6, 6.07) is 18.1. The van der Waals surface area contributed by atoms with Crippen LogP contribution in [0.1, 0.15) is 65.2 Å². The number of nitrogens with one attached hydrogen (secondary N) is 2. The minimum atomic E-state index is -0.222. The van der Waals surface area contributed by atoms with E-state index in [1.54, 1.807) is 23.1 Å². The summed E-state index contributed by atoms with van der Waals surface area (Å²) in [5, 5.41) is 10.9. The van der Waals surface area contributed by atoms with Crippen LogP contribution in [0.25, 0.3) is 22.3 Å². The Morgan fingerprint density at radius 3 is 2.60 bits per heavy atom. The van der Waals surface area contributed by atoms with E-state index in [4.69, 9.17) is 10.5 Å². The number of aromatic nitrogens is 3. The average molecular weight is 606 g/mol. The molecule has 4 N–H and O–H groups in total. The highest BCUT2D eigenvalue weighted by Crippen LogP contribution is 2.37. The molecule has 45 heavy (non-hydrogen) atoms. The minimum Gasteiger partial charge on any atom is -0.383 e. The van der Waals surface area contributed by atoms with Gasteiger partial charge >= 0.3 is 0 Å². The highest BCUT2D eigenvalue weighted by atomic mass is 16.5. The first-order valence-corrected chi connectivity index (χ1v) is 16.4. The molecular weight excluding hydrogens is 562 g/mol. The number of benzene rings is 2. The Morgan fingerprint density at radius 1 is 0.978 bits per heavy atom. The molecule has 1 amide bonds. The molecule has 234 valence electrons. The second-order valence-corrected chi connectivity index (χ2v) is 12.7. The molecule has 2 aliphatic carbocycles. The van der Waals surface area contributed by atoms with Crippen LogP contribution in [0.2, 0.25) is 0 Å². The zero-order valence-corrected chi connectivity index (χ0v) is 26.0. The number of carbonyl (C=O) groups is 1. The second-order valence-electron chi connectivity index (χ2n) is 12.7. The smallest absolute Gasteiger partial charge is 0.255 e. The SMILES string of the molecule is Cn1cc(-c2cnc(N)c(C(=O)N[C@H]3CCC[C@@H]3OCc3ccc(-c4ccc5c(c4)CCC[C@@H]5N4CCNCC4)cc3)c2)cn1. The lowest BCUT2D eigenvalue weighted by molar-refractivity contribution is 0.0272.